The quantitative estimate of drug-likeness (QED) is 0.523. The number of nitrogens with zero attached hydrogens (tertiary/aromatic N) is 2. The molecule has 0 aliphatic heterocycles. The van der Waals surface area contributed by atoms with Crippen LogP contribution < -0.4 is 0 Å². The third-order valence-electron chi connectivity index (χ3n) is 2.37. The van der Waals surface area contributed by atoms with Crippen molar-refractivity contribution < 1.29 is 73.2 Å². The second-order valence-electron chi connectivity index (χ2n) is 4.04. The zero-order valence-corrected chi connectivity index (χ0v) is 14.5. The third kappa shape index (κ3) is 7.84. The van der Waals surface area contributed by atoms with Crippen LogP contribution in [0.15, 0.2) is 36.4 Å². The van der Waals surface area contributed by atoms with E-state index >= 15 is 0 Å². The van der Waals surface area contributed by atoms with Gasteiger partial charge in [0.1, 0.15) is 22.8 Å². The summed E-state index contributed by atoms with van der Waals surface area (Å²) in [7, 11) is 0. The Kier molecular flexibility index (Phi) is 11.4. The molecule has 26 heavy (non-hydrogen) atoms. The molecule has 2 radical (unpaired) electrons. The van der Waals surface area contributed by atoms with Crippen molar-refractivity contribution in [3.8, 4) is 0 Å². The number of carboxylic acids is 4. The van der Waals surface area contributed by atoms with Gasteiger partial charge >= 0.3 is 23.9 Å². The maximum absolute atomic E-state index is 10.3. The van der Waals surface area contributed by atoms with Crippen LogP contribution in [0.3, 0.4) is 0 Å². The molecule has 0 spiro atoms. The number of pyridine rings is 2. The standard InChI is InChI=1S/2C7H5NO4.2Co/c2*9-6(10)4-2-1-3-5(8-4)7(11)12;;/h2*1-3H,(H,9,10)(H,11,12);;. The summed E-state index contributed by atoms with van der Waals surface area (Å²) in [6.45, 7) is 0. The molecule has 10 nitrogen and oxygen atoms in total. The molecule has 0 unspecified atom stereocenters. The number of hydrogen-bond donors (Lipinski definition) is 4. The van der Waals surface area contributed by atoms with Crippen molar-refractivity contribution in [2.24, 2.45) is 0 Å². The van der Waals surface area contributed by atoms with Gasteiger partial charge in [-0.2, -0.15) is 0 Å². The summed E-state index contributed by atoms with van der Waals surface area (Å²) in [5.41, 5.74) is -1.07. The van der Waals surface area contributed by atoms with Gasteiger partial charge in [0.25, 0.3) is 0 Å². The van der Waals surface area contributed by atoms with E-state index in [-0.39, 0.29) is 56.3 Å². The second-order valence-corrected chi connectivity index (χ2v) is 4.04. The molecule has 0 fully saturated rings. The van der Waals surface area contributed by atoms with Crippen LogP contribution in [0.2, 0.25) is 0 Å². The Morgan fingerprint density at radius 2 is 0.731 bits per heavy atom. The monoisotopic (exact) mass is 452 g/mol. The van der Waals surface area contributed by atoms with Crippen molar-refractivity contribution in [2.45, 2.75) is 0 Å². The first-order chi connectivity index (χ1) is 11.2. The summed E-state index contributed by atoms with van der Waals surface area (Å²) in [4.78, 5) is 48.0. The molecule has 0 aromatic carbocycles. The summed E-state index contributed by atoms with van der Waals surface area (Å²) in [6, 6.07) is 7.59. The third-order valence-corrected chi connectivity index (χ3v) is 2.37. The van der Waals surface area contributed by atoms with E-state index in [2.05, 4.69) is 9.97 Å². The van der Waals surface area contributed by atoms with E-state index in [9.17, 15) is 19.2 Å². The van der Waals surface area contributed by atoms with Crippen molar-refractivity contribution in [2.75, 3.05) is 0 Å². The smallest absolute Gasteiger partial charge is 0.354 e. The van der Waals surface area contributed by atoms with Crippen molar-refractivity contribution in [3.05, 3.63) is 59.2 Å². The van der Waals surface area contributed by atoms with E-state index < -0.39 is 23.9 Å². The van der Waals surface area contributed by atoms with E-state index in [0.717, 1.165) is 0 Å². The Morgan fingerprint density at radius 3 is 0.885 bits per heavy atom. The van der Waals surface area contributed by atoms with Crippen LogP contribution >= 0.6 is 0 Å². The van der Waals surface area contributed by atoms with Gasteiger partial charge in [-0.3, -0.25) is 0 Å². The topological polar surface area (TPSA) is 175 Å². The van der Waals surface area contributed by atoms with Crippen molar-refractivity contribution in [1.29, 1.82) is 0 Å². The summed E-state index contributed by atoms with van der Waals surface area (Å²) in [5, 5.41) is 33.7. The number of aromatic carboxylic acids is 4. The fourth-order valence-corrected chi connectivity index (χ4v) is 1.35. The molecule has 4 N–H and O–H groups in total. The minimum absolute atomic E-state index is 0. The Morgan fingerprint density at radius 1 is 0.538 bits per heavy atom. The SMILES string of the molecule is O=C(O)c1cccc(C(=O)O)n1.O=C(O)c1cccc(C(=O)O)n1.[Co].[Co]. The number of carboxylic acid groups (broad SMARTS) is 4. The molecular formula is C14H10Co2N2O8. The van der Waals surface area contributed by atoms with Crippen molar-refractivity contribution in [3.63, 3.8) is 0 Å². The maximum atomic E-state index is 10.3. The van der Waals surface area contributed by atoms with E-state index in [0.29, 0.717) is 0 Å². The van der Waals surface area contributed by atoms with Gasteiger partial charge in [-0.15, -0.1) is 0 Å². The Balaban J connectivity index is 0. The summed E-state index contributed by atoms with van der Waals surface area (Å²) < 4.78 is 0. The molecule has 0 aliphatic carbocycles. The number of rotatable bonds is 4. The van der Waals surface area contributed by atoms with Crippen LogP contribution in [0.25, 0.3) is 0 Å². The maximum Gasteiger partial charge on any atom is 0.354 e. The zero-order chi connectivity index (χ0) is 18.3. The predicted molar refractivity (Wildman–Crippen MR) is 76.3 cm³/mol. The van der Waals surface area contributed by atoms with Crippen LogP contribution in [-0.2, 0) is 33.6 Å². The Labute approximate surface area is 166 Å². The van der Waals surface area contributed by atoms with Crippen LogP contribution in [-0.4, -0.2) is 54.3 Å². The van der Waals surface area contributed by atoms with Gasteiger partial charge in [-0.25, -0.2) is 29.1 Å². The first-order valence-corrected chi connectivity index (χ1v) is 6.09. The zero-order valence-electron chi connectivity index (χ0n) is 12.4. The summed E-state index contributed by atoms with van der Waals surface area (Å²) in [5.74, 6) is -4.95. The van der Waals surface area contributed by atoms with Gasteiger partial charge in [0.05, 0.1) is 0 Å². The average molecular weight is 452 g/mol. The average Bonchev–Trinajstić information content (AvgIpc) is 2.55. The van der Waals surface area contributed by atoms with E-state index in [4.69, 9.17) is 20.4 Å². The first kappa shape index (κ1) is 25.4. The fraction of sp³-hybridized carbons (Fsp3) is 0. The van der Waals surface area contributed by atoms with Crippen LogP contribution in [0, 0.1) is 0 Å². The molecule has 0 amide bonds. The Hall–Kier alpha value is -2.81. The number of hydrogen-bond acceptors (Lipinski definition) is 6. The Bertz CT molecular complexity index is 687. The molecule has 0 bridgehead atoms. The van der Waals surface area contributed by atoms with Gasteiger partial charge in [0, 0.05) is 33.6 Å². The van der Waals surface area contributed by atoms with Gasteiger partial charge < -0.3 is 20.4 Å². The number of aromatic nitrogens is 2. The molecule has 142 valence electrons. The predicted octanol–water partition coefficient (Wildman–Crippen LogP) is 0.951. The van der Waals surface area contributed by atoms with E-state index in [1.165, 1.54) is 36.4 Å². The van der Waals surface area contributed by atoms with Gasteiger partial charge in [-0.1, -0.05) is 12.1 Å². The van der Waals surface area contributed by atoms with Gasteiger partial charge in [0.2, 0.25) is 0 Å². The van der Waals surface area contributed by atoms with Crippen LogP contribution in [0.5, 0.6) is 0 Å². The molecular weight excluding hydrogens is 442 g/mol. The molecule has 2 aromatic heterocycles. The van der Waals surface area contributed by atoms with Gasteiger partial charge in [0.15, 0.2) is 0 Å². The first-order valence-electron chi connectivity index (χ1n) is 6.09. The molecule has 0 aliphatic rings. The van der Waals surface area contributed by atoms with Crippen LogP contribution in [0.1, 0.15) is 42.0 Å². The summed E-state index contributed by atoms with van der Waals surface area (Å²) in [6.07, 6.45) is 0. The molecule has 12 heteroatoms. The molecule has 2 rings (SSSR count). The number of carbonyl (C=O) groups is 4. The normalized spacial score (nSPS) is 8.62. The minimum atomic E-state index is -1.24. The molecule has 0 saturated heterocycles. The molecule has 0 atom stereocenters. The summed E-state index contributed by atoms with van der Waals surface area (Å²) >= 11 is 0. The van der Waals surface area contributed by atoms with Crippen molar-refractivity contribution in [1.82, 2.24) is 9.97 Å². The fourth-order valence-electron chi connectivity index (χ4n) is 1.35. The second kappa shape index (κ2) is 11.7. The molecule has 2 heterocycles. The van der Waals surface area contributed by atoms with E-state index in [1.54, 1.807) is 0 Å². The molecule has 0 saturated carbocycles. The van der Waals surface area contributed by atoms with Crippen LogP contribution in [0.4, 0.5) is 0 Å². The molecule has 2 aromatic rings. The largest absolute Gasteiger partial charge is 0.477 e. The van der Waals surface area contributed by atoms with Crippen molar-refractivity contribution >= 4 is 23.9 Å². The minimum Gasteiger partial charge on any atom is -0.477 e. The van der Waals surface area contributed by atoms with E-state index in [1.807, 2.05) is 0 Å². The van der Waals surface area contributed by atoms with Gasteiger partial charge in [-0.05, 0) is 24.3 Å².